The average Bonchev–Trinajstić information content (AvgIpc) is 2.34. The van der Waals surface area contributed by atoms with Crippen molar-refractivity contribution in [3.63, 3.8) is 0 Å². The van der Waals surface area contributed by atoms with Gasteiger partial charge in [-0.25, -0.2) is 0 Å². The first-order chi connectivity index (χ1) is 4.79. The Kier molecular flexibility index (Phi) is 2.90. The number of aryl methyl sites for hydroxylation is 1. The summed E-state index contributed by atoms with van der Waals surface area (Å²) in [7, 11) is 0. The monoisotopic (exact) mass is 174 g/mol. The predicted octanol–water partition coefficient (Wildman–Crippen LogP) is 2.45. The van der Waals surface area contributed by atoms with Gasteiger partial charge < -0.3 is 0 Å². The van der Waals surface area contributed by atoms with Gasteiger partial charge in [0.1, 0.15) is 0 Å². The Hall–Kier alpha value is -0.340. The van der Waals surface area contributed by atoms with Gasteiger partial charge in [-0.05, 0) is 29.5 Å². The summed E-state index contributed by atoms with van der Waals surface area (Å²) >= 11 is 6.81. The summed E-state index contributed by atoms with van der Waals surface area (Å²) < 4.78 is 0. The Labute approximate surface area is 68.6 Å². The van der Waals surface area contributed by atoms with E-state index in [-0.39, 0.29) is 5.24 Å². The minimum atomic E-state index is -0.256. The lowest BCUT2D eigenvalue weighted by Crippen LogP contribution is -1.87. The third-order valence-corrected chi connectivity index (χ3v) is 2.27. The lowest BCUT2D eigenvalue weighted by molar-refractivity contribution is -0.111. The van der Waals surface area contributed by atoms with Crippen molar-refractivity contribution in [2.75, 3.05) is 0 Å². The molecule has 0 N–H and O–H groups in total. The molecule has 0 fully saturated rings. The van der Waals surface area contributed by atoms with E-state index in [1.54, 1.807) is 11.3 Å². The van der Waals surface area contributed by atoms with E-state index >= 15 is 0 Å². The van der Waals surface area contributed by atoms with Crippen LogP contribution in [0, 0.1) is 0 Å². The molecule has 0 aromatic carbocycles. The molecule has 0 aliphatic rings. The second-order valence-electron chi connectivity index (χ2n) is 1.93. The number of carbonyl (C=O) groups is 1. The largest absolute Gasteiger partial charge is 0.281 e. The number of thiophene rings is 1. The molecule has 0 saturated carbocycles. The van der Waals surface area contributed by atoms with Crippen LogP contribution in [0.15, 0.2) is 17.5 Å². The lowest BCUT2D eigenvalue weighted by atomic mass is 10.3. The van der Waals surface area contributed by atoms with Crippen molar-refractivity contribution in [2.24, 2.45) is 0 Å². The highest BCUT2D eigenvalue weighted by Crippen LogP contribution is 2.11. The smallest absolute Gasteiger partial charge is 0.221 e. The van der Waals surface area contributed by atoms with E-state index in [2.05, 4.69) is 0 Å². The minimum absolute atomic E-state index is 0.256. The Bertz CT molecular complexity index is 205. The van der Waals surface area contributed by atoms with Crippen molar-refractivity contribution < 1.29 is 4.79 Å². The zero-order chi connectivity index (χ0) is 7.40. The highest BCUT2D eigenvalue weighted by atomic mass is 35.5. The Morgan fingerprint density at radius 1 is 1.70 bits per heavy atom. The van der Waals surface area contributed by atoms with Crippen LogP contribution in [-0.2, 0) is 11.2 Å². The van der Waals surface area contributed by atoms with Gasteiger partial charge in [-0.1, -0.05) is 6.07 Å². The maximum atomic E-state index is 10.3. The normalized spacial score (nSPS) is 9.70. The highest BCUT2D eigenvalue weighted by molar-refractivity contribution is 7.09. The standard InChI is InChI=1S/C7H7ClOS/c8-7(9)4-3-6-2-1-5-10-6/h1-2,5H,3-4H2. The van der Waals surface area contributed by atoms with E-state index in [0.717, 1.165) is 6.42 Å². The van der Waals surface area contributed by atoms with Crippen LogP contribution in [0.2, 0.25) is 0 Å². The molecule has 0 atom stereocenters. The Morgan fingerprint density at radius 2 is 2.50 bits per heavy atom. The predicted molar refractivity (Wildman–Crippen MR) is 43.5 cm³/mol. The molecule has 0 saturated heterocycles. The second-order valence-corrected chi connectivity index (χ2v) is 3.39. The summed E-state index contributed by atoms with van der Waals surface area (Å²) in [6, 6.07) is 3.98. The van der Waals surface area contributed by atoms with Crippen molar-refractivity contribution in [3.8, 4) is 0 Å². The molecule has 0 amide bonds. The van der Waals surface area contributed by atoms with Crippen LogP contribution in [0.1, 0.15) is 11.3 Å². The van der Waals surface area contributed by atoms with E-state index in [1.165, 1.54) is 4.88 Å². The molecule has 3 heteroatoms. The number of hydrogen-bond donors (Lipinski definition) is 0. The molecule has 1 rings (SSSR count). The van der Waals surface area contributed by atoms with Gasteiger partial charge in [0, 0.05) is 11.3 Å². The maximum absolute atomic E-state index is 10.3. The average molecular weight is 175 g/mol. The first kappa shape index (κ1) is 7.76. The summed E-state index contributed by atoms with van der Waals surface area (Å²) in [6.07, 6.45) is 1.22. The quantitative estimate of drug-likeness (QED) is 0.644. The van der Waals surface area contributed by atoms with Crippen LogP contribution < -0.4 is 0 Å². The summed E-state index contributed by atoms with van der Waals surface area (Å²) in [5.74, 6) is 0. The molecule has 0 radical (unpaired) electrons. The van der Waals surface area contributed by atoms with Gasteiger partial charge in [0.15, 0.2) is 0 Å². The van der Waals surface area contributed by atoms with Gasteiger partial charge in [0.2, 0.25) is 5.24 Å². The number of hydrogen-bond acceptors (Lipinski definition) is 2. The van der Waals surface area contributed by atoms with Crippen LogP contribution in [-0.4, -0.2) is 5.24 Å². The number of halogens is 1. The van der Waals surface area contributed by atoms with Crippen molar-refractivity contribution in [2.45, 2.75) is 12.8 Å². The third kappa shape index (κ3) is 2.50. The molecule has 1 aromatic rings. The minimum Gasteiger partial charge on any atom is -0.281 e. The van der Waals surface area contributed by atoms with Crippen LogP contribution in [0.5, 0.6) is 0 Å². The molecule has 0 unspecified atom stereocenters. The molecular formula is C7H7ClOS. The number of rotatable bonds is 3. The fourth-order valence-corrected chi connectivity index (χ4v) is 1.48. The Morgan fingerprint density at radius 3 is 3.00 bits per heavy atom. The van der Waals surface area contributed by atoms with Gasteiger partial charge >= 0.3 is 0 Å². The topological polar surface area (TPSA) is 17.1 Å². The van der Waals surface area contributed by atoms with Crippen molar-refractivity contribution in [3.05, 3.63) is 22.4 Å². The molecule has 0 aliphatic heterocycles. The first-order valence-electron chi connectivity index (χ1n) is 3.00. The zero-order valence-corrected chi connectivity index (χ0v) is 6.91. The molecule has 54 valence electrons. The van der Waals surface area contributed by atoms with Gasteiger partial charge in [-0.3, -0.25) is 4.79 Å². The van der Waals surface area contributed by atoms with Crippen LogP contribution in [0.25, 0.3) is 0 Å². The third-order valence-electron chi connectivity index (χ3n) is 1.15. The molecule has 1 heterocycles. The van der Waals surface area contributed by atoms with Crippen LogP contribution >= 0.6 is 22.9 Å². The molecule has 10 heavy (non-hydrogen) atoms. The van der Waals surface area contributed by atoms with Crippen molar-refractivity contribution in [1.82, 2.24) is 0 Å². The molecular weight excluding hydrogens is 168 g/mol. The van der Waals surface area contributed by atoms with Gasteiger partial charge in [0.05, 0.1) is 0 Å². The fraction of sp³-hybridized carbons (Fsp3) is 0.286. The SMILES string of the molecule is O=C(Cl)CCc1cccs1. The maximum Gasteiger partial charge on any atom is 0.221 e. The van der Waals surface area contributed by atoms with E-state index in [1.807, 2.05) is 17.5 Å². The van der Waals surface area contributed by atoms with Crippen molar-refractivity contribution >= 4 is 28.2 Å². The second kappa shape index (κ2) is 3.74. The molecule has 0 bridgehead atoms. The van der Waals surface area contributed by atoms with E-state index in [4.69, 9.17) is 11.6 Å². The van der Waals surface area contributed by atoms with Gasteiger partial charge in [0.25, 0.3) is 0 Å². The summed E-state index contributed by atoms with van der Waals surface area (Å²) in [4.78, 5) is 11.5. The van der Waals surface area contributed by atoms with Gasteiger partial charge in [-0.15, -0.1) is 11.3 Å². The van der Waals surface area contributed by atoms with E-state index in [0.29, 0.717) is 6.42 Å². The van der Waals surface area contributed by atoms with E-state index in [9.17, 15) is 4.79 Å². The van der Waals surface area contributed by atoms with Crippen LogP contribution in [0.4, 0.5) is 0 Å². The molecule has 0 spiro atoms. The van der Waals surface area contributed by atoms with E-state index < -0.39 is 0 Å². The Balaban J connectivity index is 2.35. The molecule has 1 aromatic heterocycles. The fourth-order valence-electron chi connectivity index (χ4n) is 0.676. The van der Waals surface area contributed by atoms with Crippen LogP contribution in [0.3, 0.4) is 0 Å². The van der Waals surface area contributed by atoms with Crippen molar-refractivity contribution in [1.29, 1.82) is 0 Å². The molecule has 0 aliphatic carbocycles. The first-order valence-corrected chi connectivity index (χ1v) is 4.25. The highest BCUT2D eigenvalue weighted by Gasteiger charge is 1.97. The van der Waals surface area contributed by atoms with Gasteiger partial charge in [-0.2, -0.15) is 0 Å². The summed E-state index contributed by atoms with van der Waals surface area (Å²) in [6.45, 7) is 0. The lowest BCUT2D eigenvalue weighted by Gasteiger charge is -1.88. The zero-order valence-electron chi connectivity index (χ0n) is 5.34. The number of carbonyl (C=O) groups excluding carboxylic acids is 1. The summed E-state index contributed by atoms with van der Waals surface area (Å²) in [5, 5.41) is 1.74. The summed E-state index contributed by atoms with van der Waals surface area (Å²) in [5.41, 5.74) is 0. The molecule has 1 nitrogen and oxygen atoms in total.